The van der Waals surface area contributed by atoms with Crippen LogP contribution in [-0.2, 0) is 0 Å². The Hall–Kier alpha value is -0.760. The molecule has 3 heteroatoms. The molecule has 1 unspecified atom stereocenters. The van der Waals surface area contributed by atoms with Gasteiger partial charge < -0.3 is 5.32 Å². The number of hydrogen-bond donors (Lipinski definition) is 1. The number of rotatable bonds is 3. The van der Waals surface area contributed by atoms with Crippen LogP contribution < -0.4 is 5.32 Å². The second-order valence-corrected chi connectivity index (χ2v) is 4.37. The molecule has 1 saturated carbocycles. The Bertz CT molecular complexity index is 316. The van der Waals surface area contributed by atoms with Crippen LogP contribution in [0.25, 0.3) is 0 Å². The molecule has 0 bridgehead atoms. The maximum Gasteiger partial charge on any atom is 0.126 e. The number of hydrogen-bond acceptors (Lipinski definition) is 1. The second kappa shape index (κ2) is 3.77. The fourth-order valence-electron chi connectivity index (χ4n) is 1.61. The van der Waals surface area contributed by atoms with E-state index >= 15 is 0 Å². The molecule has 1 aliphatic rings. The van der Waals surface area contributed by atoms with E-state index in [1.165, 1.54) is 25.0 Å². The lowest BCUT2D eigenvalue weighted by molar-refractivity contribution is 0.626. The lowest BCUT2D eigenvalue weighted by Gasteiger charge is -2.14. The molecule has 2 rings (SSSR count). The summed E-state index contributed by atoms with van der Waals surface area (Å²) in [6.07, 6.45) is 2.55. The maximum absolute atomic E-state index is 13.0. The van der Waals surface area contributed by atoms with Crippen LogP contribution in [0.5, 0.6) is 0 Å². The van der Waals surface area contributed by atoms with Crippen LogP contribution in [0, 0.1) is 11.7 Å². The van der Waals surface area contributed by atoms with Crippen molar-refractivity contribution in [3.8, 4) is 0 Å². The first kappa shape index (κ1) is 9.78. The summed E-state index contributed by atoms with van der Waals surface area (Å²) in [5.74, 6) is 0.458. The zero-order valence-corrected chi connectivity index (χ0v) is 8.81. The Morgan fingerprint density at radius 1 is 1.43 bits per heavy atom. The molecule has 0 saturated heterocycles. The molecule has 14 heavy (non-hydrogen) atoms. The van der Waals surface area contributed by atoms with Crippen molar-refractivity contribution in [1.82, 2.24) is 0 Å². The molecule has 1 aliphatic carbocycles. The van der Waals surface area contributed by atoms with E-state index < -0.39 is 0 Å². The third-order valence-corrected chi connectivity index (χ3v) is 2.80. The van der Waals surface area contributed by atoms with Gasteiger partial charge in [-0.1, -0.05) is 11.6 Å². The van der Waals surface area contributed by atoms with Crippen molar-refractivity contribution in [2.24, 2.45) is 5.92 Å². The Morgan fingerprint density at radius 2 is 2.14 bits per heavy atom. The normalized spacial score (nSPS) is 17.9. The summed E-state index contributed by atoms with van der Waals surface area (Å²) in [7, 11) is 0. The van der Waals surface area contributed by atoms with Gasteiger partial charge in [-0.25, -0.2) is 4.39 Å². The van der Waals surface area contributed by atoms with Gasteiger partial charge in [-0.3, -0.25) is 0 Å². The SMILES string of the molecule is CC(Nc1cc(F)cc(Cl)c1)C1CC1. The third-order valence-electron chi connectivity index (χ3n) is 2.59. The second-order valence-electron chi connectivity index (χ2n) is 3.93. The van der Waals surface area contributed by atoms with Gasteiger partial charge in [0.1, 0.15) is 5.82 Å². The van der Waals surface area contributed by atoms with Gasteiger partial charge in [0.15, 0.2) is 0 Å². The van der Waals surface area contributed by atoms with E-state index in [9.17, 15) is 4.39 Å². The smallest absolute Gasteiger partial charge is 0.126 e. The standard InChI is InChI=1S/C11H13ClFN/c1-7(8-2-3-8)14-11-5-9(12)4-10(13)6-11/h4-8,14H,2-3H2,1H3. The highest BCUT2D eigenvalue weighted by Gasteiger charge is 2.27. The first-order valence-electron chi connectivity index (χ1n) is 4.88. The number of anilines is 1. The first-order chi connectivity index (χ1) is 6.65. The minimum atomic E-state index is -0.289. The van der Waals surface area contributed by atoms with Crippen LogP contribution in [0.2, 0.25) is 5.02 Å². The minimum Gasteiger partial charge on any atom is -0.382 e. The third kappa shape index (κ3) is 2.38. The lowest BCUT2D eigenvalue weighted by Crippen LogP contribution is -2.17. The summed E-state index contributed by atoms with van der Waals surface area (Å²) in [6, 6.07) is 4.95. The monoisotopic (exact) mass is 213 g/mol. The Labute approximate surface area is 88.3 Å². The van der Waals surface area contributed by atoms with Crippen LogP contribution in [0.3, 0.4) is 0 Å². The molecule has 76 valence electrons. The Kier molecular flexibility index (Phi) is 2.64. The van der Waals surface area contributed by atoms with Crippen molar-refractivity contribution in [2.45, 2.75) is 25.8 Å². The molecule has 1 nitrogen and oxygen atoms in total. The molecule has 0 radical (unpaired) electrons. The van der Waals surface area contributed by atoms with E-state index in [1.807, 2.05) is 0 Å². The molecule has 1 atom stereocenters. The van der Waals surface area contributed by atoms with Crippen molar-refractivity contribution in [3.63, 3.8) is 0 Å². The van der Waals surface area contributed by atoms with Crippen molar-refractivity contribution >= 4 is 17.3 Å². The van der Waals surface area contributed by atoms with Crippen molar-refractivity contribution in [3.05, 3.63) is 29.0 Å². The molecule has 0 amide bonds. The highest BCUT2D eigenvalue weighted by Crippen LogP contribution is 2.34. The van der Waals surface area contributed by atoms with Crippen molar-refractivity contribution in [2.75, 3.05) is 5.32 Å². The molecule has 1 fully saturated rings. The van der Waals surface area contributed by atoms with E-state index in [0.29, 0.717) is 11.1 Å². The van der Waals surface area contributed by atoms with Gasteiger partial charge in [-0.05, 0) is 43.9 Å². The summed E-state index contributed by atoms with van der Waals surface area (Å²) < 4.78 is 13.0. The number of halogens is 2. The zero-order valence-electron chi connectivity index (χ0n) is 8.06. The fourth-order valence-corrected chi connectivity index (χ4v) is 1.84. The molecule has 1 aromatic rings. The average Bonchev–Trinajstić information content (AvgIpc) is 2.82. The van der Waals surface area contributed by atoms with E-state index in [1.54, 1.807) is 6.07 Å². The minimum absolute atomic E-state index is 0.289. The van der Waals surface area contributed by atoms with Gasteiger partial charge in [0.25, 0.3) is 0 Å². The van der Waals surface area contributed by atoms with Crippen molar-refractivity contribution in [1.29, 1.82) is 0 Å². The van der Waals surface area contributed by atoms with Gasteiger partial charge in [0, 0.05) is 16.8 Å². The highest BCUT2D eigenvalue weighted by atomic mass is 35.5. The average molecular weight is 214 g/mol. The molecule has 0 aliphatic heterocycles. The quantitative estimate of drug-likeness (QED) is 0.808. The molecule has 0 heterocycles. The Balaban J connectivity index is 2.07. The summed E-state index contributed by atoms with van der Waals surface area (Å²) in [5, 5.41) is 3.70. The summed E-state index contributed by atoms with van der Waals surface area (Å²) >= 11 is 5.75. The van der Waals surface area contributed by atoms with Crippen molar-refractivity contribution < 1.29 is 4.39 Å². The Morgan fingerprint density at radius 3 is 2.71 bits per heavy atom. The largest absolute Gasteiger partial charge is 0.382 e. The summed E-state index contributed by atoms with van der Waals surface area (Å²) in [6.45, 7) is 2.12. The van der Waals surface area contributed by atoms with Crippen LogP contribution in [-0.4, -0.2) is 6.04 Å². The van der Waals surface area contributed by atoms with E-state index in [4.69, 9.17) is 11.6 Å². The molecule has 1 aromatic carbocycles. The highest BCUT2D eigenvalue weighted by molar-refractivity contribution is 6.30. The summed E-state index contributed by atoms with van der Waals surface area (Å²) in [4.78, 5) is 0. The predicted octanol–water partition coefficient (Wildman–Crippen LogP) is 3.69. The van der Waals surface area contributed by atoms with Crippen LogP contribution in [0.4, 0.5) is 10.1 Å². The molecular formula is C11H13ClFN. The topological polar surface area (TPSA) is 12.0 Å². The van der Waals surface area contributed by atoms with Crippen LogP contribution >= 0.6 is 11.6 Å². The van der Waals surface area contributed by atoms with E-state index in [0.717, 1.165) is 11.6 Å². The fraction of sp³-hybridized carbons (Fsp3) is 0.455. The number of nitrogens with one attached hydrogen (secondary N) is 1. The van der Waals surface area contributed by atoms with Gasteiger partial charge in [0.05, 0.1) is 0 Å². The summed E-state index contributed by atoms with van der Waals surface area (Å²) in [5.41, 5.74) is 0.773. The van der Waals surface area contributed by atoms with Crippen LogP contribution in [0.15, 0.2) is 18.2 Å². The number of benzene rings is 1. The predicted molar refractivity (Wildman–Crippen MR) is 57.2 cm³/mol. The first-order valence-corrected chi connectivity index (χ1v) is 5.25. The zero-order chi connectivity index (χ0) is 10.1. The molecule has 0 aromatic heterocycles. The van der Waals surface area contributed by atoms with Gasteiger partial charge in [0.2, 0.25) is 0 Å². The van der Waals surface area contributed by atoms with E-state index in [2.05, 4.69) is 12.2 Å². The maximum atomic E-state index is 13.0. The van der Waals surface area contributed by atoms with Gasteiger partial charge in [-0.2, -0.15) is 0 Å². The molecular weight excluding hydrogens is 201 g/mol. The van der Waals surface area contributed by atoms with Gasteiger partial charge >= 0.3 is 0 Å². The molecule has 1 N–H and O–H groups in total. The van der Waals surface area contributed by atoms with E-state index in [-0.39, 0.29) is 5.82 Å². The van der Waals surface area contributed by atoms with Crippen LogP contribution in [0.1, 0.15) is 19.8 Å². The van der Waals surface area contributed by atoms with Gasteiger partial charge in [-0.15, -0.1) is 0 Å². The molecule has 0 spiro atoms. The lowest BCUT2D eigenvalue weighted by atomic mass is 10.2.